The van der Waals surface area contributed by atoms with Crippen molar-refractivity contribution < 1.29 is 12.7 Å². The van der Waals surface area contributed by atoms with Gasteiger partial charge in [0.2, 0.25) is 0 Å². The van der Waals surface area contributed by atoms with Crippen molar-refractivity contribution in [2.24, 2.45) is 0 Å². The molecular weight excluding hydrogens is 539 g/mol. The first-order valence-corrected chi connectivity index (χ1v) is 20.0. The molecule has 0 aliphatic heterocycles. The molecular formula is C35H26Cl2Ti. The van der Waals surface area contributed by atoms with Crippen LogP contribution in [-0.4, -0.2) is 3.81 Å². The van der Waals surface area contributed by atoms with Crippen LogP contribution in [0.15, 0.2) is 140 Å². The van der Waals surface area contributed by atoms with Gasteiger partial charge in [-0.3, -0.25) is 0 Å². The zero-order valence-corrected chi connectivity index (χ0v) is 23.8. The van der Waals surface area contributed by atoms with Crippen LogP contribution in [0.1, 0.15) is 41.8 Å². The molecule has 5 aromatic carbocycles. The number of allylic oxidation sites excluding steroid dienone is 1. The Hall–Kier alpha value is -3.00. The molecule has 184 valence electrons. The van der Waals surface area contributed by atoms with Crippen molar-refractivity contribution >= 4 is 28.5 Å². The summed E-state index contributed by atoms with van der Waals surface area (Å²) in [4.78, 5) is 0. The van der Waals surface area contributed by atoms with E-state index in [2.05, 4.69) is 146 Å². The van der Waals surface area contributed by atoms with E-state index in [1.54, 1.807) is 0 Å². The molecule has 0 bridgehead atoms. The molecule has 0 nitrogen and oxygen atoms in total. The number of fused-ring (bicyclic) bond motifs is 4. The molecule has 1 unspecified atom stereocenters. The topological polar surface area (TPSA) is 0 Å². The Morgan fingerprint density at radius 1 is 0.500 bits per heavy atom. The molecule has 0 amide bonds. The van der Waals surface area contributed by atoms with Crippen LogP contribution in [0, 0.1) is 0 Å². The van der Waals surface area contributed by atoms with Gasteiger partial charge in [-0.25, -0.2) is 0 Å². The van der Waals surface area contributed by atoms with Crippen molar-refractivity contribution in [3.05, 3.63) is 173 Å². The van der Waals surface area contributed by atoms with Crippen LogP contribution in [0.3, 0.4) is 0 Å². The van der Waals surface area contributed by atoms with E-state index in [0.717, 1.165) is 14.9 Å². The summed E-state index contributed by atoms with van der Waals surface area (Å²) in [6, 6.07) is 47.2. The van der Waals surface area contributed by atoms with E-state index in [0.29, 0.717) is 0 Å². The van der Waals surface area contributed by atoms with Crippen LogP contribution < -0.4 is 0 Å². The molecule has 1 atom stereocenters. The van der Waals surface area contributed by atoms with Gasteiger partial charge in [0.15, 0.2) is 0 Å². The minimum atomic E-state index is -5.02. The third-order valence-corrected chi connectivity index (χ3v) is 21.2. The van der Waals surface area contributed by atoms with Crippen molar-refractivity contribution in [1.82, 2.24) is 0 Å². The number of benzene rings is 5. The first kappa shape index (κ1) is 24.1. The van der Waals surface area contributed by atoms with Gasteiger partial charge in [-0.15, -0.1) is 0 Å². The molecule has 0 N–H and O–H groups in total. The second-order valence-corrected chi connectivity index (χ2v) is 24.1. The van der Waals surface area contributed by atoms with Crippen LogP contribution in [0.25, 0.3) is 17.2 Å². The van der Waals surface area contributed by atoms with Gasteiger partial charge in [0.25, 0.3) is 0 Å². The van der Waals surface area contributed by atoms with Crippen LogP contribution in [0.5, 0.6) is 0 Å². The molecule has 2 aliphatic rings. The number of hydrogen-bond donors (Lipinski definition) is 0. The van der Waals surface area contributed by atoms with Gasteiger partial charge < -0.3 is 0 Å². The SMILES string of the molecule is [Cl][Ti]([Cl])(=[C](c1ccccc1)c1ccccc1)([CH]1C=Cc2ccccc21)[CH]1c2ccccc2-c2ccccc21. The Morgan fingerprint density at radius 3 is 1.50 bits per heavy atom. The van der Waals surface area contributed by atoms with Crippen molar-refractivity contribution in [3.8, 4) is 11.1 Å². The summed E-state index contributed by atoms with van der Waals surface area (Å²) >= 11 is -5.02. The van der Waals surface area contributed by atoms with E-state index in [4.69, 9.17) is 18.6 Å². The van der Waals surface area contributed by atoms with Crippen LogP contribution in [0.4, 0.5) is 0 Å². The summed E-state index contributed by atoms with van der Waals surface area (Å²) in [6.45, 7) is 0. The van der Waals surface area contributed by atoms with E-state index >= 15 is 0 Å². The average molecular weight is 565 g/mol. The Bertz CT molecular complexity index is 1690. The quantitative estimate of drug-likeness (QED) is 0.190. The van der Waals surface area contributed by atoms with Gasteiger partial charge in [0.1, 0.15) is 0 Å². The summed E-state index contributed by atoms with van der Waals surface area (Å²) in [5, 5.41) is 0. The van der Waals surface area contributed by atoms with Crippen LogP contribution in [0.2, 0.25) is 0 Å². The Kier molecular flexibility index (Phi) is 5.73. The molecule has 0 spiro atoms. The summed E-state index contributed by atoms with van der Waals surface area (Å²) in [5.41, 5.74) is 9.56. The maximum atomic E-state index is 8.59. The Labute approximate surface area is 232 Å². The third kappa shape index (κ3) is 3.45. The molecule has 0 saturated carbocycles. The van der Waals surface area contributed by atoms with E-state index < -0.39 is 12.7 Å². The summed E-state index contributed by atoms with van der Waals surface area (Å²) in [5.74, 6) is 0. The Balaban J connectivity index is 1.71. The normalized spacial score (nSPS) is 16.1. The predicted octanol–water partition coefficient (Wildman–Crippen LogP) is 9.79. The van der Waals surface area contributed by atoms with Crippen molar-refractivity contribution in [2.45, 2.75) is 8.45 Å². The standard InChI is InChI=1S/C13H9.C13H10.C9H7.2ClH.Ti/c1-3-7-12-10(5-1)9-11-6-2-4-8-13(11)12;1-3-7-12(8-4-1)11-13-9-5-2-6-10-13;1-2-5-9-7-3-6-8(9)4-1;;;/h1-9H;1-10H;1-7H;2*1H;/q;;;;;+2/p-2. The minimum absolute atomic E-state index is 0.105. The number of hydrogen-bond acceptors (Lipinski definition) is 0. The van der Waals surface area contributed by atoms with Gasteiger partial charge >= 0.3 is 234 Å². The van der Waals surface area contributed by atoms with E-state index in [1.165, 1.54) is 33.4 Å². The Morgan fingerprint density at radius 2 is 0.947 bits per heavy atom. The molecule has 3 heteroatoms. The van der Waals surface area contributed by atoms with Crippen molar-refractivity contribution in [3.63, 3.8) is 0 Å². The molecule has 38 heavy (non-hydrogen) atoms. The average Bonchev–Trinajstić information content (AvgIpc) is 3.55. The van der Waals surface area contributed by atoms with Gasteiger partial charge in [0.05, 0.1) is 0 Å². The molecule has 2 aliphatic carbocycles. The van der Waals surface area contributed by atoms with Crippen molar-refractivity contribution in [2.75, 3.05) is 0 Å². The molecule has 5 aromatic rings. The van der Waals surface area contributed by atoms with E-state index in [-0.39, 0.29) is 8.45 Å². The van der Waals surface area contributed by atoms with Gasteiger partial charge in [-0.05, 0) is 0 Å². The fourth-order valence-electron chi connectivity index (χ4n) is 6.84. The first-order valence-electron chi connectivity index (χ1n) is 13.1. The molecule has 0 fully saturated rings. The zero-order chi connectivity index (χ0) is 25.8. The van der Waals surface area contributed by atoms with Crippen molar-refractivity contribution in [1.29, 1.82) is 0 Å². The first-order chi connectivity index (χ1) is 18.6. The predicted molar refractivity (Wildman–Crippen MR) is 160 cm³/mol. The summed E-state index contributed by atoms with van der Waals surface area (Å²) < 4.78 is 0.875. The third-order valence-electron chi connectivity index (χ3n) is 8.34. The second kappa shape index (κ2) is 9.04. The van der Waals surface area contributed by atoms with Crippen LogP contribution >= 0.6 is 18.6 Å². The fraction of sp³-hybridized carbons (Fsp3) is 0.0571. The van der Waals surface area contributed by atoms with Gasteiger partial charge in [-0.2, -0.15) is 0 Å². The summed E-state index contributed by atoms with van der Waals surface area (Å²) in [6.07, 6.45) is 4.51. The maximum absolute atomic E-state index is 8.59. The molecule has 0 radical (unpaired) electrons. The summed E-state index contributed by atoms with van der Waals surface area (Å²) in [7, 11) is 17.2. The molecule has 0 aromatic heterocycles. The molecule has 7 rings (SSSR count). The van der Waals surface area contributed by atoms with Gasteiger partial charge in [-0.1, -0.05) is 0 Å². The van der Waals surface area contributed by atoms with E-state index in [9.17, 15) is 0 Å². The molecule has 0 saturated heterocycles. The number of rotatable bonds is 4. The molecule has 0 heterocycles. The number of halogens is 2. The van der Waals surface area contributed by atoms with Gasteiger partial charge in [0, 0.05) is 0 Å². The fourth-order valence-corrected chi connectivity index (χ4v) is 20.5. The van der Waals surface area contributed by atoms with E-state index in [1.807, 2.05) is 0 Å². The monoisotopic (exact) mass is 564 g/mol. The zero-order valence-electron chi connectivity index (χ0n) is 20.8. The second-order valence-electron chi connectivity index (χ2n) is 10.3. The van der Waals surface area contributed by atoms with Crippen LogP contribution in [-0.2, 0) is 12.7 Å².